The molecule has 0 radical (unpaired) electrons. The summed E-state index contributed by atoms with van der Waals surface area (Å²) in [6, 6.07) is 3.56. The van der Waals surface area contributed by atoms with Crippen LogP contribution < -0.4 is 14.9 Å². The first kappa shape index (κ1) is 11.1. The maximum absolute atomic E-state index is 12.2. The van der Waals surface area contributed by atoms with Crippen LogP contribution in [0, 0.1) is 6.92 Å². The van der Waals surface area contributed by atoms with Gasteiger partial charge in [0.15, 0.2) is 0 Å². The van der Waals surface area contributed by atoms with Crippen molar-refractivity contribution in [2.45, 2.75) is 26.4 Å². The Bertz CT molecular complexity index is 684. The third-order valence-electron chi connectivity index (χ3n) is 3.27. The molecule has 1 aromatic carbocycles. The Morgan fingerprint density at radius 2 is 2.17 bits per heavy atom. The van der Waals surface area contributed by atoms with Crippen LogP contribution in [0.2, 0.25) is 0 Å². The molecule has 0 unspecified atom stereocenters. The van der Waals surface area contributed by atoms with E-state index in [1.807, 2.05) is 13.0 Å². The van der Waals surface area contributed by atoms with Gasteiger partial charge in [-0.3, -0.25) is 4.79 Å². The molecule has 4 nitrogen and oxygen atoms in total. The van der Waals surface area contributed by atoms with Crippen LogP contribution in [0.25, 0.3) is 11.0 Å². The SMILES string of the molecule is COc1c(C)oc2c3c(ccc2c1=O)O[C@@H](C)C3. The van der Waals surface area contributed by atoms with E-state index in [1.54, 1.807) is 13.0 Å². The number of methoxy groups -OCH3 is 1. The van der Waals surface area contributed by atoms with Crippen LogP contribution in [0.15, 0.2) is 21.3 Å². The minimum Gasteiger partial charge on any atom is -0.490 e. The number of benzene rings is 1. The maximum Gasteiger partial charge on any atom is 0.234 e. The van der Waals surface area contributed by atoms with Crippen molar-refractivity contribution >= 4 is 11.0 Å². The second-order valence-corrected chi connectivity index (χ2v) is 4.57. The average Bonchev–Trinajstić information content (AvgIpc) is 2.70. The Kier molecular flexibility index (Phi) is 2.33. The van der Waals surface area contributed by atoms with Gasteiger partial charge in [-0.1, -0.05) is 0 Å². The van der Waals surface area contributed by atoms with Crippen LogP contribution in [0.3, 0.4) is 0 Å². The lowest BCUT2D eigenvalue weighted by Gasteiger charge is -2.07. The molecule has 0 spiro atoms. The summed E-state index contributed by atoms with van der Waals surface area (Å²) in [7, 11) is 1.48. The van der Waals surface area contributed by atoms with Gasteiger partial charge in [0.1, 0.15) is 23.2 Å². The van der Waals surface area contributed by atoms with Crippen LogP contribution in [-0.2, 0) is 6.42 Å². The molecule has 2 heterocycles. The lowest BCUT2D eigenvalue weighted by atomic mass is 10.1. The molecule has 0 bridgehead atoms. The lowest BCUT2D eigenvalue weighted by Crippen LogP contribution is -2.08. The van der Waals surface area contributed by atoms with E-state index in [4.69, 9.17) is 13.9 Å². The van der Waals surface area contributed by atoms with E-state index in [0.717, 1.165) is 17.7 Å². The number of ether oxygens (including phenoxy) is 2. The highest BCUT2D eigenvalue weighted by Gasteiger charge is 2.24. The van der Waals surface area contributed by atoms with E-state index in [2.05, 4.69) is 0 Å². The molecule has 1 aromatic heterocycles. The van der Waals surface area contributed by atoms with Crippen molar-refractivity contribution in [2.24, 2.45) is 0 Å². The zero-order valence-electron chi connectivity index (χ0n) is 10.6. The van der Waals surface area contributed by atoms with Gasteiger partial charge in [0.05, 0.1) is 12.5 Å². The third kappa shape index (κ3) is 1.41. The van der Waals surface area contributed by atoms with E-state index in [-0.39, 0.29) is 17.3 Å². The Morgan fingerprint density at radius 3 is 2.89 bits per heavy atom. The molecule has 3 rings (SSSR count). The van der Waals surface area contributed by atoms with E-state index >= 15 is 0 Å². The minimum absolute atomic E-state index is 0.123. The van der Waals surface area contributed by atoms with Gasteiger partial charge in [-0.05, 0) is 26.0 Å². The maximum atomic E-state index is 12.2. The summed E-state index contributed by atoms with van der Waals surface area (Å²) in [5.41, 5.74) is 1.47. The number of aryl methyl sites for hydroxylation is 1. The third-order valence-corrected chi connectivity index (χ3v) is 3.27. The first-order chi connectivity index (χ1) is 8.61. The van der Waals surface area contributed by atoms with Crippen LogP contribution in [0.4, 0.5) is 0 Å². The predicted octanol–water partition coefficient (Wildman–Crippen LogP) is 2.43. The summed E-state index contributed by atoms with van der Waals surface area (Å²) in [6.07, 6.45) is 0.889. The fraction of sp³-hybridized carbons (Fsp3) is 0.357. The van der Waals surface area contributed by atoms with Gasteiger partial charge in [-0.15, -0.1) is 0 Å². The molecule has 94 valence electrons. The van der Waals surface area contributed by atoms with Crippen molar-refractivity contribution in [2.75, 3.05) is 7.11 Å². The summed E-state index contributed by atoms with van der Waals surface area (Å²) in [5, 5.41) is 0.550. The molecular weight excluding hydrogens is 232 g/mol. The minimum atomic E-state index is -0.126. The molecule has 0 N–H and O–H groups in total. The van der Waals surface area contributed by atoms with Crippen molar-refractivity contribution in [3.63, 3.8) is 0 Å². The monoisotopic (exact) mass is 246 g/mol. The van der Waals surface area contributed by atoms with E-state index in [0.29, 0.717) is 16.7 Å². The normalized spacial score (nSPS) is 17.6. The van der Waals surface area contributed by atoms with Crippen molar-refractivity contribution in [3.05, 3.63) is 33.7 Å². The van der Waals surface area contributed by atoms with Crippen molar-refractivity contribution < 1.29 is 13.9 Å². The van der Waals surface area contributed by atoms with Crippen LogP contribution in [0.5, 0.6) is 11.5 Å². The largest absolute Gasteiger partial charge is 0.490 e. The highest BCUT2D eigenvalue weighted by atomic mass is 16.5. The molecular formula is C14H14O4. The molecule has 0 amide bonds. The first-order valence-electron chi connectivity index (χ1n) is 5.91. The number of fused-ring (bicyclic) bond motifs is 3. The Hall–Kier alpha value is -1.97. The van der Waals surface area contributed by atoms with Crippen LogP contribution in [0.1, 0.15) is 18.2 Å². The van der Waals surface area contributed by atoms with Crippen molar-refractivity contribution in [3.8, 4) is 11.5 Å². The molecule has 1 atom stereocenters. The van der Waals surface area contributed by atoms with E-state index in [9.17, 15) is 4.79 Å². The van der Waals surface area contributed by atoms with Crippen LogP contribution >= 0.6 is 0 Å². The molecule has 0 saturated heterocycles. The lowest BCUT2D eigenvalue weighted by molar-refractivity contribution is 0.254. The zero-order valence-corrected chi connectivity index (χ0v) is 10.6. The fourth-order valence-corrected chi connectivity index (χ4v) is 2.47. The summed E-state index contributed by atoms with van der Waals surface area (Å²) in [4.78, 5) is 12.2. The summed E-state index contributed by atoms with van der Waals surface area (Å²) in [6.45, 7) is 3.73. The molecule has 18 heavy (non-hydrogen) atoms. The summed E-state index contributed by atoms with van der Waals surface area (Å²) in [5.74, 6) is 1.58. The van der Waals surface area contributed by atoms with Gasteiger partial charge in [0.2, 0.25) is 11.2 Å². The quantitative estimate of drug-likeness (QED) is 0.775. The number of rotatable bonds is 1. The predicted molar refractivity (Wildman–Crippen MR) is 67.6 cm³/mol. The van der Waals surface area contributed by atoms with Gasteiger partial charge in [-0.25, -0.2) is 0 Å². The second kappa shape index (κ2) is 3.77. The Balaban J connectivity index is 2.39. The molecule has 1 aliphatic rings. The van der Waals surface area contributed by atoms with Gasteiger partial charge in [-0.2, -0.15) is 0 Å². The topological polar surface area (TPSA) is 48.7 Å². The standard InChI is InChI=1S/C14H14O4/c1-7-6-10-11(17-7)5-4-9-12(15)13(16-3)8(2)18-14(9)10/h4-5,7H,6H2,1-3H3/t7-/m0/s1. The Morgan fingerprint density at radius 1 is 1.39 bits per heavy atom. The summed E-state index contributed by atoms with van der Waals surface area (Å²) >= 11 is 0. The molecule has 2 aromatic rings. The average molecular weight is 246 g/mol. The van der Waals surface area contributed by atoms with Gasteiger partial charge < -0.3 is 13.9 Å². The highest BCUT2D eigenvalue weighted by molar-refractivity contribution is 5.84. The molecule has 4 heteroatoms. The number of hydrogen-bond acceptors (Lipinski definition) is 4. The van der Waals surface area contributed by atoms with Gasteiger partial charge in [0, 0.05) is 12.0 Å². The first-order valence-corrected chi connectivity index (χ1v) is 5.91. The highest BCUT2D eigenvalue weighted by Crippen LogP contribution is 2.35. The van der Waals surface area contributed by atoms with E-state index < -0.39 is 0 Å². The smallest absolute Gasteiger partial charge is 0.234 e. The van der Waals surface area contributed by atoms with E-state index in [1.165, 1.54) is 7.11 Å². The van der Waals surface area contributed by atoms with Crippen molar-refractivity contribution in [1.29, 1.82) is 0 Å². The second-order valence-electron chi connectivity index (χ2n) is 4.57. The van der Waals surface area contributed by atoms with Crippen LogP contribution in [-0.4, -0.2) is 13.2 Å². The molecule has 0 fully saturated rings. The number of hydrogen-bond donors (Lipinski definition) is 0. The van der Waals surface area contributed by atoms with Gasteiger partial charge in [0.25, 0.3) is 0 Å². The Labute approximate surface area is 104 Å². The zero-order chi connectivity index (χ0) is 12.9. The summed E-state index contributed by atoms with van der Waals surface area (Å²) < 4.78 is 16.5. The van der Waals surface area contributed by atoms with Crippen molar-refractivity contribution in [1.82, 2.24) is 0 Å². The molecule has 0 aliphatic carbocycles. The molecule has 0 saturated carbocycles. The molecule has 1 aliphatic heterocycles. The van der Waals surface area contributed by atoms with Gasteiger partial charge >= 0.3 is 0 Å². The fourth-order valence-electron chi connectivity index (χ4n) is 2.47.